The zero-order chi connectivity index (χ0) is 17.4. The third-order valence-corrected chi connectivity index (χ3v) is 4.77. The van der Waals surface area contributed by atoms with Crippen molar-refractivity contribution in [3.8, 4) is 0 Å². The van der Waals surface area contributed by atoms with Gasteiger partial charge in [-0.3, -0.25) is 9.59 Å². The van der Waals surface area contributed by atoms with Gasteiger partial charge in [0.1, 0.15) is 11.4 Å². The van der Waals surface area contributed by atoms with Crippen LogP contribution in [0.1, 0.15) is 47.2 Å². The summed E-state index contributed by atoms with van der Waals surface area (Å²) < 4.78 is 0. The summed E-state index contributed by atoms with van der Waals surface area (Å²) in [6.45, 7) is 2.43. The Morgan fingerprint density at radius 3 is 2.80 bits per heavy atom. The van der Waals surface area contributed by atoms with Crippen LogP contribution in [0.4, 0.5) is 0 Å². The molecule has 3 aromatic rings. The van der Waals surface area contributed by atoms with Crippen molar-refractivity contribution >= 4 is 16.9 Å². The first-order valence-corrected chi connectivity index (χ1v) is 8.59. The molecule has 0 bridgehead atoms. The summed E-state index contributed by atoms with van der Waals surface area (Å²) in [6.07, 6.45) is 2.82. The molecule has 0 aliphatic carbocycles. The Balaban J connectivity index is 1.71. The fraction of sp³-hybridized carbons (Fsp3) is 0.316. The molecule has 1 saturated heterocycles. The zero-order valence-corrected chi connectivity index (χ0v) is 14.1. The predicted octanol–water partition coefficient (Wildman–Crippen LogP) is 2.93. The van der Waals surface area contributed by atoms with E-state index in [1.807, 2.05) is 24.3 Å². The zero-order valence-electron chi connectivity index (χ0n) is 14.1. The van der Waals surface area contributed by atoms with Gasteiger partial charge in [-0.15, -0.1) is 0 Å². The van der Waals surface area contributed by atoms with Crippen LogP contribution in [-0.4, -0.2) is 32.3 Å². The topological polar surface area (TPSA) is 81.8 Å². The number of para-hydroxylation sites is 2. The monoisotopic (exact) mass is 336 g/mol. The van der Waals surface area contributed by atoms with E-state index in [2.05, 4.69) is 15.0 Å². The molecule has 2 N–H and O–H groups in total. The molecule has 1 unspecified atom stereocenters. The number of hydrogen-bond acceptors (Lipinski definition) is 3. The highest BCUT2D eigenvalue weighted by molar-refractivity contribution is 5.94. The quantitative estimate of drug-likeness (QED) is 0.755. The standard InChI is InChI=1S/C19H20N4O2/c1-12-9-10-13(18(24)20-12)19(25)23-11-5-4-8-16(23)17-21-14-6-2-3-7-15(14)22-17/h2-3,6-7,9-10,16H,4-5,8,11H2,1H3,(H,20,24)(H,21,22). The van der Waals surface area contributed by atoms with Gasteiger partial charge in [0.05, 0.1) is 17.1 Å². The van der Waals surface area contributed by atoms with E-state index < -0.39 is 0 Å². The number of hydrogen-bond donors (Lipinski definition) is 2. The molecular formula is C19H20N4O2. The Morgan fingerprint density at radius 1 is 1.16 bits per heavy atom. The number of carbonyl (C=O) groups excluding carboxylic acids is 1. The molecule has 25 heavy (non-hydrogen) atoms. The van der Waals surface area contributed by atoms with Crippen LogP contribution in [0.15, 0.2) is 41.2 Å². The van der Waals surface area contributed by atoms with Gasteiger partial charge in [0, 0.05) is 12.2 Å². The summed E-state index contributed by atoms with van der Waals surface area (Å²) in [6, 6.07) is 11.1. The smallest absolute Gasteiger partial charge is 0.260 e. The number of aromatic amines is 2. The molecule has 1 aliphatic rings. The molecule has 0 spiro atoms. The van der Waals surface area contributed by atoms with Crippen LogP contribution in [0.25, 0.3) is 11.0 Å². The minimum absolute atomic E-state index is 0.130. The van der Waals surface area contributed by atoms with E-state index >= 15 is 0 Å². The van der Waals surface area contributed by atoms with Crippen LogP contribution in [0.5, 0.6) is 0 Å². The molecule has 0 radical (unpaired) electrons. The lowest BCUT2D eigenvalue weighted by molar-refractivity contribution is 0.0599. The van der Waals surface area contributed by atoms with Gasteiger partial charge in [-0.25, -0.2) is 4.98 Å². The van der Waals surface area contributed by atoms with Crippen molar-refractivity contribution in [2.24, 2.45) is 0 Å². The number of amides is 1. The fourth-order valence-corrected chi connectivity index (χ4v) is 3.48. The van der Waals surface area contributed by atoms with E-state index in [0.29, 0.717) is 6.54 Å². The number of aryl methyl sites for hydroxylation is 1. The minimum Gasteiger partial charge on any atom is -0.340 e. The van der Waals surface area contributed by atoms with Crippen molar-refractivity contribution in [2.45, 2.75) is 32.2 Å². The van der Waals surface area contributed by atoms with Gasteiger partial charge in [-0.1, -0.05) is 12.1 Å². The predicted molar refractivity (Wildman–Crippen MR) is 95.5 cm³/mol. The Labute approximate surface area is 144 Å². The third kappa shape index (κ3) is 2.84. The normalized spacial score (nSPS) is 17.8. The van der Waals surface area contributed by atoms with Gasteiger partial charge in [0.15, 0.2) is 0 Å². The number of rotatable bonds is 2. The third-order valence-electron chi connectivity index (χ3n) is 4.77. The molecule has 6 nitrogen and oxygen atoms in total. The summed E-state index contributed by atoms with van der Waals surface area (Å²) in [5.74, 6) is 0.559. The molecule has 1 atom stereocenters. The van der Waals surface area contributed by atoms with Gasteiger partial charge in [0.2, 0.25) is 0 Å². The number of aromatic nitrogens is 3. The van der Waals surface area contributed by atoms with Crippen LogP contribution >= 0.6 is 0 Å². The Kier molecular flexibility index (Phi) is 3.87. The van der Waals surface area contributed by atoms with Crippen molar-refractivity contribution in [3.05, 3.63) is 63.8 Å². The molecule has 0 saturated carbocycles. The fourth-order valence-electron chi connectivity index (χ4n) is 3.48. The molecule has 4 rings (SSSR count). The molecule has 3 heterocycles. The van der Waals surface area contributed by atoms with E-state index in [9.17, 15) is 9.59 Å². The maximum atomic E-state index is 13.0. The lowest BCUT2D eigenvalue weighted by Crippen LogP contribution is -2.41. The van der Waals surface area contributed by atoms with Crippen LogP contribution in [0.2, 0.25) is 0 Å². The largest absolute Gasteiger partial charge is 0.340 e. The second kappa shape index (κ2) is 6.20. The van der Waals surface area contributed by atoms with E-state index in [4.69, 9.17) is 0 Å². The number of nitrogens with zero attached hydrogens (tertiary/aromatic N) is 2. The molecule has 1 aliphatic heterocycles. The van der Waals surface area contributed by atoms with Gasteiger partial charge >= 0.3 is 0 Å². The second-order valence-corrected chi connectivity index (χ2v) is 6.53. The molecular weight excluding hydrogens is 316 g/mol. The van der Waals surface area contributed by atoms with Crippen molar-refractivity contribution in [1.82, 2.24) is 19.9 Å². The van der Waals surface area contributed by atoms with Crippen molar-refractivity contribution in [3.63, 3.8) is 0 Å². The number of piperidine rings is 1. The SMILES string of the molecule is Cc1ccc(C(=O)N2CCCCC2c2nc3ccccc3[nH]2)c(=O)[nH]1. The molecule has 2 aromatic heterocycles. The van der Waals surface area contributed by atoms with Crippen LogP contribution in [0, 0.1) is 6.92 Å². The molecule has 1 amide bonds. The van der Waals surface area contributed by atoms with Crippen LogP contribution < -0.4 is 5.56 Å². The van der Waals surface area contributed by atoms with E-state index in [-0.39, 0.29) is 23.1 Å². The van der Waals surface area contributed by atoms with Gasteiger partial charge in [0.25, 0.3) is 11.5 Å². The lowest BCUT2D eigenvalue weighted by atomic mass is 10.0. The molecule has 1 fully saturated rings. The lowest BCUT2D eigenvalue weighted by Gasteiger charge is -2.34. The maximum Gasteiger partial charge on any atom is 0.260 e. The number of carbonyl (C=O) groups is 1. The number of H-pyrrole nitrogens is 2. The van der Waals surface area contributed by atoms with Gasteiger partial charge in [-0.05, 0) is 50.5 Å². The van der Waals surface area contributed by atoms with E-state index in [1.54, 1.807) is 24.0 Å². The van der Waals surface area contributed by atoms with Crippen LogP contribution in [0.3, 0.4) is 0 Å². The van der Waals surface area contributed by atoms with Gasteiger partial charge < -0.3 is 14.9 Å². The first-order chi connectivity index (χ1) is 12.1. The summed E-state index contributed by atoms with van der Waals surface area (Å²) >= 11 is 0. The molecule has 6 heteroatoms. The maximum absolute atomic E-state index is 13.0. The summed E-state index contributed by atoms with van der Waals surface area (Å²) in [4.78, 5) is 37.7. The Bertz CT molecular complexity index is 955. The highest BCUT2D eigenvalue weighted by atomic mass is 16.2. The number of pyridine rings is 1. The summed E-state index contributed by atoms with van der Waals surface area (Å²) in [5.41, 5.74) is 2.45. The minimum atomic E-state index is -0.334. The van der Waals surface area contributed by atoms with E-state index in [1.165, 1.54) is 0 Å². The number of benzene rings is 1. The molecule has 1 aromatic carbocycles. The number of fused-ring (bicyclic) bond motifs is 1. The summed E-state index contributed by atoms with van der Waals surface area (Å²) in [7, 11) is 0. The van der Waals surface area contributed by atoms with Crippen molar-refractivity contribution in [1.29, 1.82) is 0 Å². The first kappa shape index (κ1) is 15.6. The average molecular weight is 336 g/mol. The van der Waals surface area contributed by atoms with E-state index in [0.717, 1.165) is 41.8 Å². The highest BCUT2D eigenvalue weighted by Gasteiger charge is 2.31. The molecule has 128 valence electrons. The number of likely N-dealkylation sites (tertiary alicyclic amines) is 1. The van der Waals surface area contributed by atoms with Crippen LogP contribution in [-0.2, 0) is 0 Å². The Morgan fingerprint density at radius 2 is 2.00 bits per heavy atom. The first-order valence-electron chi connectivity index (χ1n) is 8.59. The Hall–Kier alpha value is -2.89. The highest BCUT2D eigenvalue weighted by Crippen LogP contribution is 2.31. The number of imidazole rings is 1. The average Bonchev–Trinajstić information content (AvgIpc) is 3.05. The summed E-state index contributed by atoms with van der Waals surface area (Å²) in [5, 5.41) is 0. The van der Waals surface area contributed by atoms with Crippen molar-refractivity contribution in [2.75, 3.05) is 6.54 Å². The van der Waals surface area contributed by atoms with Gasteiger partial charge in [-0.2, -0.15) is 0 Å². The second-order valence-electron chi connectivity index (χ2n) is 6.53. The van der Waals surface area contributed by atoms with Crippen molar-refractivity contribution < 1.29 is 4.79 Å². The number of nitrogens with one attached hydrogen (secondary N) is 2.